The van der Waals surface area contributed by atoms with Gasteiger partial charge in [-0.25, -0.2) is 9.48 Å². The van der Waals surface area contributed by atoms with Crippen molar-refractivity contribution in [2.75, 3.05) is 0 Å². The molecule has 0 radical (unpaired) electrons. The number of rotatable bonds is 7. The molecule has 0 aliphatic carbocycles. The van der Waals surface area contributed by atoms with Gasteiger partial charge in [0.05, 0.1) is 5.69 Å². The minimum absolute atomic E-state index is 0.388. The summed E-state index contributed by atoms with van der Waals surface area (Å²) >= 11 is 0. The van der Waals surface area contributed by atoms with E-state index in [-0.39, 0.29) is 0 Å². The lowest BCUT2D eigenvalue weighted by atomic mass is 10.1. The van der Waals surface area contributed by atoms with Gasteiger partial charge in [-0.2, -0.15) is 0 Å². The van der Waals surface area contributed by atoms with Gasteiger partial charge in [-0.1, -0.05) is 19.8 Å². The number of amides is 1. The van der Waals surface area contributed by atoms with Crippen molar-refractivity contribution in [1.82, 2.24) is 25.5 Å². The molecule has 1 heterocycles. The summed E-state index contributed by atoms with van der Waals surface area (Å²) in [4.78, 5) is 23.2. The topological polar surface area (TPSA) is 110 Å². The van der Waals surface area contributed by atoms with E-state index in [1.165, 1.54) is 11.0 Å². The van der Waals surface area contributed by atoms with Crippen LogP contribution in [0.2, 0.25) is 0 Å². The number of benzene rings is 1. The molecule has 0 fully saturated rings. The second-order valence-corrected chi connectivity index (χ2v) is 4.81. The highest BCUT2D eigenvalue weighted by atomic mass is 16.4. The van der Waals surface area contributed by atoms with E-state index in [2.05, 4.69) is 20.8 Å². The number of nitrogens with zero attached hydrogens (tertiary/aromatic N) is 4. The van der Waals surface area contributed by atoms with Crippen LogP contribution < -0.4 is 5.32 Å². The Labute approximate surface area is 127 Å². The van der Waals surface area contributed by atoms with E-state index in [4.69, 9.17) is 5.11 Å². The fourth-order valence-electron chi connectivity index (χ4n) is 1.95. The predicted molar refractivity (Wildman–Crippen MR) is 77.6 cm³/mol. The summed E-state index contributed by atoms with van der Waals surface area (Å²) in [6, 6.07) is 5.71. The molecule has 0 aliphatic heterocycles. The highest BCUT2D eigenvalue weighted by Gasteiger charge is 2.19. The Morgan fingerprint density at radius 1 is 1.32 bits per heavy atom. The Balaban J connectivity index is 2.04. The van der Waals surface area contributed by atoms with Gasteiger partial charge < -0.3 is 10.4 Å². The summed E-state index contributed by atoms with van der Waals surface area (Å²) < 4.78 is 1.46. The van der Waals surface area contributed by atoms with E-state index < -0.39 is 17.9 Å². The van der Waals surface area contributed by atoms with Crippen LogP contribution in [0.4, 0.5) is 0 Å². The molecule has 22 heavy (non-hydrogen) atoms. The third-order valence-corrected chi connectivity index (χ3v) is 3.19. The lowest BCUT2D eigenvalue weighted by Gasteiger charge is -2.14. The molecule has 1 aromatic heterocycles. The first-order chi connectivity index (χ1) is 10.6. The maximum Gasteiger partial charge on any atom is 0.326 e. The number of nitrogens with one attached hydrogen (secondary N) is 1. The monoisotopic (exact) mass is 303 g/mol. The van der Waals surface area contributed by atoms with Gasteiger partial charge in [-0.3, -0.25) is 4.79 Å². The van der Waals surface area contributed by atoms with Gasteiger partial charge in [-0.05, 0) is 41.1 Å². The number of tetrazole rings is 1. The highest BCUT2D eigenvalue weighted by Crippen LogP contribution is 2.09. The third-order valence-electron chi connectivity index (χ3n) is 3.19. The van der Waals surface area contributed by atoms with Crippen LogP contribution in [-0.4, -0.2) is 43.2 Å². The Bertz CT molecular complexity index is 624. The van der Waals surface area contributed by atoms with Crippen molar-refractivity contribution >= 4 is 11.9 Å². The molecule has 0 bridgehead atoms. The molecule has 1 amide bonds. The Morgan fingerprint density at radius 2 is 2.05 bits per heavy atom. The summed E-state index contributed by atoms with van der Waals surface area (Å²) in [5.41, 5.74) is 1.10. The van der Waals surface area contributed by atoms with Crippen molar-refractivity contribution in [2.45, 2.75) is 32.2 Å². The molecule has 0 saturated heterocycles. The second-order valence-electron chi connectivity index (χ2n) is 4.81. The van der Waals surface area contributed by atoms with E-state index in [1.54, 1.807) is 24.3 Å². The Hall–Kier alpha value is -2.77. The molecule has 0 unspecified atom stereocenters. The van der Waals surface area contributed by atoms with Crippen LogP contribution in [0.5, 0.6) is 0 Å². The van der Waals surface area contributed by atoms with Crippen LogP contribution in [0.3, 0.4) is 0 Å². The molecule has 1 atom stereocenters. The second kappa shape index (κ2) is 7.30. The number of carbonyl (C=O) groups is 2. The molecule has 0 saturated carbocycles. The van der Waals surface area contributed by atoms with E-state index in [0.717, 1.165) is 12.8 Å². The van der Waals surface area contributed by atoms with Gasteiger partial charge in [0.2, 0.25) is 0 Å². The number of unbranched alkanes of at least 4 members (excludes halogenated alkanes) is 1. The lowest BCUT2D eigenvalue weighted by molar-refractivity contribution is -0.139. The van der Waals surface area contributed by atoms with Crippen molar-refractivity contribution in [1.29, 1.82) is 0 Å². The number of hydrogen-bond donors (Lipinski definition) is 2. The van der Waals surface area contributed by atoms with Crippen molar-refractivity contribution in [3.05, 3.63) is 36.2 Å². The van der Waals surface area contributed by atoms with Crippen molar-refractivity contribution in [2.24, 2.45) is 0 Å². The first-order valence-corrected chi connectivity index (χ1v) is 6.99. The fraction of sp³-hybridized carbons (Fsp3) is 0.357. The molecular weight excluding hydrogens is 286 g/mol. The molecule has 1 aromatic carbocycles. The number of carboxylic acid groups (broad SMARTS) is 1. The van der Waals surface area contributed by atoms with Gasteiger partial charge in [0, 0.05) is 5.56 Å². The first kappa shape index (κ1) is 15.6. The van der Waals surface area contributed by atoms with Gasteiger partial charge in [0.1, 0.15) is 12.4 Å². The zero-order valence-electron chi connectivity index (χ0n) is 12.1. The third kappa shape index (κ3) is 3.87. The largest absolute Gasteiger partial charge is 0.480 e. The van der Waals surface area contributed by atoms with Crippen molar-refractivity contribution < 1.29 is 14.7 Å². The van der Waals surface area contributed by atoms with Gasteiger partial charge in [-0.15, -0.1) is 5.10 Å². The Kier molecular flexibility index (Phi) is 5.18. The first-order valence-electron chi connectivity index (χ1n) is 6.99. The van der Waals surface area contributed by atoms with Crippen LogP contribution in [0.15, 0.2) is 30.6 Å². The number of aromatic nitrogens is 4. The number of carbonyl (C=O) groups excluding carboxylic acids is 1. The average molecular weight is 303 g/mol. The molecule has 0 aliphatic rings. The summed E-state index contributed by atoms with van der Waals surface area (Å²) in [5, 5.41) is 22.5. The van der Waals surface area contributed by atoms with Gasteiger partial charge in [0.25, 0.3) is 5.91 Å². The van der Waals surface area contributed by atoms with Crippen LogP contribution in [0, 0.1) is 0 Å². The van der Waals surface area contributed by atoms with Gasteiger partial charge in [0.15, 0.2) is 0 Å². The maximum atomic E-state index is 12.1. The smallest absolute Gasteiger partial charge is 0.326 e. The van der Waals surface area contributed by atoms with Crippen LogP contribution >= 0.6 is 0 Å². The summed E-state index contributed by atoms with van der Waals surface area (Å²) in [5.74, 6) is -1.43. The molecule has 116 valence electrons. The summed E-state index contributed by atoms with van der Waals surface area (Å²) in [6.07, 6.45) is 3.48. The van der Waals surface area contributed by atoms with Crippen LogP contribution in [-0.2, 0) is 4.79 Å². The maximum absolute atomic E-state index is 12.1. The molecular formula is C14H17N5O3. The quantitative estimate of drug-likeness (QED) is 0.790. The normalized spacial score (nSPS) is 11.9. The highest BCUT2D eigenvalue weighted by molar-refractivity contribution is 5.96. The predicted octanol–water partition coefficient (Wildman–Crippen LogP) is 1.04. The van der Waals surface area contributed by atoms with Crippen LogP contribution in [0.25, 0.3) is 5.69 Å². The lowest BCUT2D eigenvalue weighted by Crippen LogP contribution is -2.40. The molecule has 2 aromatic rings. The minimum Gasteiger partial charge on any atom is -0.480 e. The standard InChI is InChI=1S/C14H17N5O3/c1-2-3-4-12(14(21)22)16-13(20)10-5-7-11(8-6-10)19-9-15-17-18-19/h5-9,12H,2-4H2,1H3,(H,16,20)(H,21,22)/t12-/m0/s1. The van der Waals surface area contributed by atoms with E-state index in [1.807, 2.05) is 6.92 Å². The minimum atomic E-state index is -1.02. The Morgan fingerprint density at radius 3 is 2.59 bits per heavy atom. The number of hydrogen-bond acceptors (Lipinski definition) is 5. The summed E-state index contributed by atoms with van der Waals surface area (Å²) in [7, 11) is 0. The zero-order valence-corrected chi connectivity index (χ0v) is 12.1. The summed E-state index contributed by atoms with van der Waals surface area (Å²) in [6.45, 7) is 1.97. The average Bonchev–Trinajstić information content (AvgIpc) is 3.05. The van der Waals surface area contributed by atoms with Crippen molar-refractivity contribution in [3.8, 4) is 5.69 Å². The van der Waals surface area contributed by atoms with E-state index >= 15 is 0 Å². The molecule has 0 spiro atoms. The van der Waals surface area contributed by atoms with Crippen LogP contribution in [0.1, 0.15) is 36.5 Å². The van der Waals surface area contributed by atoms with E-state index in [9.17, 15) is 9.59 Å². The van der Waals surface area contributed by atoms with E-state index in [0.29, 0.717) is 17.7 Å². The zero-order chi connectivity index (χ0) is 15.9. The molecule has 2 rings (SSSR count). The van der Waals surface area contributed by atoms with Crippen molar-refractivity contribution in [3.63, 3.8) is 0 Å². The van der Waals surface area contributed by atoms with Gasteiger partial charge >= 0.3 is 5.97 Å². The number of aliphatic carboxylic acids is 1. The molecule has 2 N–H and O–H groups in total. The molecule has 8 nitrogen and oxygen atoms in total. The number of carboxylic acids is 1. The fourth-order valence-corrected chi connectivity index (χ4v) is 1.95. The molecule has 8 heteroatoms. The SMILES string of the molecule is CCCC[C@H](NC(=O)c1ccc(-n2cnnn2)cc1)C(=O)O.